The summed E-state index contributed by atoms with van der Waals surface area (Å²) in [4.78, 5) is 21.3. The number of carbonyl (C=O) groups excluding carboxylic acids is 1. The van der Waals surface area contributed by atoms with Crippen LogP contribution in [-0.4, -0.2) is 55.0 Å². The Morgan fingerprint density at radius 2 is 1.38 bits per heavy atom. The fourth-order valence-corrected chi connectivity index (χ4v) is 5.67. The Kier molecular flexibility index (Phi) is 5.75. The van der Waals surface area contributed by atoms with Gasteiger partial charge in [0.1, 0.15) is 0 Å². The first-order chi connectivity index (χ1) is 15.6. The number of nitrogens with zero attached hydrogens (tertiary/aromatic N) is 3. The largest absolute Gasteiger partial charge is 0.300 e. The summed E-state index contributed by atoms with van der Waals surface area (Å²) in [6, 6.07) is 19.1. The molecule has 3 aliphatic rings. The zero-order valence-corrected chi connectivity index (χ0v) is 19.2. The van der Waals surface area contributed by atoms with Crippen LogP contribution in [0.5, 0.6) is 0 Å². The Morgan fingerprint density at radius 3 is 1.97 bits per heavy atom. The van der Waals surface area contributed by atoms with E-state index < -0.39 is 5.41 Å². The molecule has 0 spiro atoms. The highest BCUT2D eigenvalue weighted by atomic mass is 16.2. The van der Waals surface area contributed by atoms with Crippen LogP contribution in [0.3, 0.4) is 0 Å². The predicted molar refractivity (Wildman–Crippen MR) is 131 cm³/mol. The minimum atomic E-state index is -0.562. The highest BCUT2D eigenvalue weighted by Crippen LogP contribution is 2.51. The van der Waals surface area contributed by atoms with Gasteiger partial charge in [-0.3, -0.25) is 19.5 Å². The molecule has 0 fully saturated rings. The molecule has 0 N–H and O–H groups in total. The van der Waals surface area contributed by atoms with Gasteiger partial charge in [0.25, 0.3) is 0 Å². The lowest BCUT2D eigenvalue weighted by molar-refractivity contribution is -0.123. The molecule has 1 amide bonds. The van der Waals surface area contributed by atoms with Crippen LogP contribution < -0.4 is 4.90 Å². The van der Waals surface area contributed by atoms with Gasteiger partial charge in [0, 0.05) is 30.9 Å². The van der Waals surface area contributed by atoms with Gasteiger partial charge in [0.2, 0.25) is 5.91 Å². The summed E-state index contributed by atoms with van der Waals surface area (Å²) in [6.07, 6.45) is 13.0. The summed E-state index contributed by atoms with van der Waals surface area (Å²) in [7, 11) is 4.38. The van der Waals surface area contributed by atoms with Gasteiger partial charge in [-0.05, 0) is 63.5 Å². The molecule has 0 radical (unpaired) electrons. The number of carbonyl (C=O) groups is 1. The summed E-state index contributed by atoms with van der Waals surface area (Å²) in [5, 5.41) is 0. The topological polar surface area (TPSA) is 26.8 Å². The molecule has 0 bridgehead atoms. The highest BCUT2D eigenvalue weighted by molar-refractivity contribution is 6.13. The van der Waals surface area contributed by atoms with Crippen LogP contribution in [0.25, 0.3) is 0 Å². The van der Waals surface area contributed by atoms with Crippen molar-refractivity contribution in [2.24, 2.45) is 0 Å². The van der Waals surface area contributed by atoms with Gasteiger partial charge in [0.05, 0.1) is 11.1 Å². The van der Waals surface area contributed by atoms with Crippen LogP contribution >= 0.6 is 0 Å². The molecule has 4 nitrogen and oxygen atoms in total. The third kappa shape index (κ3) is 3.62. The van der Waals surface area contributed by atoms with Crippen molar-refractivity contribution in [1.29, 1.82) is 0 Å². The van der Waals surface area contributed by atoms with E-state index in [0.717, 1.165) is 50.1 Å². The molecule has 2 aromatic carbocycles. The van der Waals surface area contributed by atoms with Crippen LogP contribution in [0, 0.1) is 0 Å². The molecule has 0 aliphatic carbocycles. The van der Waals surface area contributed by atoms with E-state index in [0.29, 0.717) is 0 Å². The van der Waals surface area contributed by atoms with Gasteiger partial charge in [-0.15, -0.1) is 0 Å². The monoisotopic (exact) mass is 427 g/mol. The van der Waals surface area contributed by atoms with Crippen molar-refractivity contribution in [2.45, 2.75) is 43.2 Å². The minimum Gasteiger partial charge on any atom is -0.300 e. The Balaban J connectivity index is 1.63. The van der Waals surface area contributed by atoms with Gasteiger partial charge < -0.3 is 0 Å². The van der Waals surface area contributed by atoms with E-state index in [1.807, 2.05) is 35.2 Å². The number of anilines is 2. The number of amides is 1. The Labute approximate surface area is 191 Å². The maximum Gasteiger partial charge on any atom is 0.242 e. The summed E-state index contributed by atoms with van der Waals surface area (Å²) >= 11 is 0. The summed E-state index contributed by atoms with van der Waals surface area (Å²) in [5.74, 6) is 0.213. The number of para-hydroxylation sites is 2. The van der Waals surface area contributed by atoms with Crippen LogP contribution in [0.2, 0.25) is 0 Å². The lowest BCUT2D eigenvalue weighted by atomic mass is 9.71. The molecule has 4 heteroatoms. The first kappa shape index (κ1) is 21.2. The van der Waals surface area contributed by atoms with E-state index in [-0.39, 0.29) is 18.0 Å². The molecule has 166 valence electrons. The Hall–Kier alpha value is -2.69. The number of fused-ring (bicyclic) bond motifs is 1. The Morgan fingerprint density at radius 1 is 0.812 bits per heavy atom. The van der Waals surface area contributed by atoms with Gasteiger partial charge in [0.15, 0.2) is 0 Å². The standard InChI is InChI=1S/C28H33N3O/c1-29-18-10-8-14-23(29)20-28(21-24-15-9-11-19-30(24)2)25-16-6-7-17-26(25)31(27(28)32)22-12-4-3-5-13-22/h3-9,12-17,23-24H,10-11,18-21H2,1-2H3. The second-order valence-corrected chi connectivity index (χ2v) is 9.51. The molecule has 0 aromatic heterocycles. The van der Waals surface area contributed by atoms with Gasteiger partial charge in [-0.2, -0.15) is 0 Å². The van der Waals surface area contributed by atoms with Gasteiger partial charge >= 0.3 is 0 Å². The van der Waals surface area contributed by atoms with E-state index >= 15 is 0 Å². The van der Waals surface area contributed by atoms with E-state index in [4.69, 9.17) is 0 Å². The molecule has 2 unspecified atom stereocenters. The normalized spacial score (nSPS) is 28.3. The zero-order valence-electron chi connectivity index (χ0n) is 19.2. The van der Waals surface area contributed by atoms with Crippen LogP contribution in [-0.2, 0) is 10.2 Å². The summed E-state index contributed by atoms with van der Waals surface area (Å²) in [5.41, 5.74) is 2.60. The molecule has 32 heavy (non-hydrogen) atoms. The van der Waals surface area contributed by atoms with E-state index in [2.05, 4.69) is 72.5 Å². The molecular formula is C28H33N3O. The minimum absolute atomic E-state index is 0.213. The lowest BCUT2D eigenvalue weighted by Gasteiger charge is -2.40. The van der Waals surface area contributed by atoms with Crippen LogP contribution in [0.1, 0.15) is 31.2 Å². The van der Waals surface area contributed by atoms with E-state index in [1.54, 1.807) is 0 Å². The molecule has 2 atom stereocenters. The first-order valence-corrected chi connectivity index (χ1v) is 11.8. The molecule has 0 saturated carbocycles. The highest BCUT2D eigenvalue weighted by Gasteiger charge is 2.53. The van der Waals surface area contributed by atoms with Crippen LogP contribution in [0.4, 0.5) is 11.4 Å². The summed E-state index contributed by atoms with van der Waals surface area (Å²) < 4.78 is 0. The zero-order chi connectivity index (χ0) is 22.1. The van der Waals surface area contributed by atoms with Crippen molar-refractivity contribution < 1.29 is 4.79 Å². The molecule has 5 rings (SSSR count). The lowest BCUT2D eigenvalue weighted by Crippen LogP contribution is -2.49. The molecule has 0 saturated heterocycles. The number of benzene rings is 2. The number of hydrogen-bond donors (Lipinski definition) is 0. The van der Waals surface area contributed by atoms with Gasteiger partial charge in [-0.25, -0.2) is 0 Å². The third-order valence-corrected chi connectivity index (χ3v) is 7.55. The molecule has 3 aliphatic heterocycles. The smallest absolute Gasteiger partial charge is 0.242 e. The predicted octanol–water partition coefficient (Wildman–Crippen LogP) is 4.90. The van der Waals surface area contributed by atoms with Crippen molar-refractivity contribution in [3.8, 4) is 0 Å². The fourth-order valence-electron chi connectivity index (χ4n) is 5.67. The quantitative estimate of drug-likeness (QED) is 0.635. The average Bonchev–Trinajstić information content (AvgIpc) is 3.05. The van der Waals surface area contributed by atoms with Crippen molar-refractivity contribution >= 4 is 17.3 Å². The number of hydrogen-bond acceptors (Lipinski definition) is 3. The average molecular weight is 428 g/mol. The van der Waals surface area contributed by atoms with Crippen molar-refractivity contribution in [2.75, 3.05) is 32.1 Å². The van der Waals surface area contributed by atoms with E-state index in [9.17, 15) is 4.79 Å². The third-order valence-electron chi connectivity index (χ3n) is 7.55. The van der Waals surface area contributed by atoms with Crippen molar-refractivity contribution in [3.63, 3.8) is 0 Å². The first-order valence-electron chi connectivity index (χ1n) is 11.8. The van der Waals surface area contributed by atoms with Gasteiger partial charge in [-0.1, -0.05) is 60.7 Å². The molecular weight excluding hydrogens is 394 g/mol. The number of rotatable bonds is 5. The van der Waals surface area contributed by atoms with Crippen LogP contribution in [0.15, 0.2) is 78.9 Å². The molecule has 2 aromatic rings. The second-order valence-electron chi connectivity index (χ2n) is 9.51. The number of likely N-dealkylation sites (N-methyl/N-ethyl adjacent to an activating group) is 2. The van der Waals surface area contributed by atoms with Crippen molar-refractivity contribution in [1.82, 2.24) is 9.80 Å². The maximum atomic E-state index is 14.5. The SMILES string of the molecule is CN1CCC=CC1CC1(CC2C=CCCN2C)C(=O)N(c2ccccc2)c2ccccc21. The summed E-state index contributed by atoms with van der Waals surface area (Å²) in [6.45, 7) is 2.08. The Bertz CT molecular complexity index is 998. The maximum absolute atomic E-state index is 14.5. The van der Waals surface area contributed by atoms with E-state index in [1.165, 1.54) is 5.56 Å². The second kappa shape index (κ2) is 8.68. The molecule has 3 heterocycles. The van der Waals surface area contributed by atoms with Crippen molar-refractivity contribution in [3.05, 3.63) is 84.5 Å². The fraction of sp³-hybridized carbons (Fsp3) is 0.393.